The van der Waals surface area contributed by atoms with E-state index < -0.39 is 0 Å². The number of benzene rings is 2. The number of hydrogen-bond acceptors (Lipinski definition) is 2. The number of aromatic nitrogens is 2. The molecule has 0 radical (unpaired) electrons. The van der Waals surface area contributed by atoms with Crippen molar-refractivity contribution in [3.63, 3.8) is 0 Å². The van der Waals surface area contributed by atoms with Gasteiger partial charge in [-0.3, -0.25) is 0 Å². The average Bonchev–Trinajstić information content (AvgIpc) is 3.10. The maximum absolute atomic E-state index is 4.78. The van der Waals surface area contributed by atoms with Crippen LogP contribution in [0.3, 0.4) is 0 Å². The third kappa shape index (κ3) is 4.24. The highest BCUT2D eigenvalue weighted by Crippen LogP contribution is 2.34. The minimum atomic E-state index is 0.0975. The fourth-order valence-corrected chi connectivity index (χ4v) is 3.02. The predicted octanol–water partition coefficient (Wildman–Crippen LogP) is 6.24. The smallest absolute Gasteiger partial charge is 0.155 e. The minimum absolute atomic E-state index is 0.0975. The standard InChI is InChI=1S/C24H31N3/c1-23(2,3)18-15-19(24(4,5)6)17-21(16-18)26(7)22-13-14-27(25-22)20-11-9-8-10-12-20/h8-17H,1-7H3. The number of para-hydroxylation sites is 1. The Kier molecular flexibility index (Phi) is 4.90. The zero-order chi connectivity index (χ0) is 19.8. The zero-order valence-corrected chi connectivity index (χ0v) is 17.6. The van der Waals surface area contributed by atoms with E-state index in [1.165, 1.54) is 16.8 Å². The quantitative estimate of drug-likeness (QED) is 0.551. The lowest BCUT2D eigenvalue weighted by Crippen LogP contribution is -2.19. The van der Waals surface area contributed by atoms with Crippen LogP contribution in [0.5, 0.6) is 0 Å². The van der Waals surface area contributed by atoms with Gasteiger partial charge in [-0.05, 0) is 46.2 Å². The van der Waals surface area contributed by atoms with E-state index in [1.54, 1.807) is 0 Å². The van der Waals surface area contributed by atoms with E-state index in [1.807, 2.05) is 29.1 Å². The van der Waals surface area contributed by atoms with E-state index in [-0.39, 0.29) is 10.8 Å². The van der Waals surface area contributed by atoms with Crippen LogP contribution in [0.15, 0.2) is 60.8 Å². The van der Waals surface area contributed by atoms with Gasteiger partial charge in [-0.25, -0.2) is 4.68 Å². The zero-order valence-electron chi connectivity index (χ0n) is 17.6. The molecule has 27 heavy (non-hydrogen) atoms. The van der Waals surface area contributed by atoms with Crippen molar-refractivity contribution in [2.24, 2.45) is 0 Å². The van der Waals surface area contributed by atoms with Crippen molar-refractivity contribution in [2.45, 2.75) is 52.4 Å². The second-order valence-electron chi connectivity index (χ2n) is 9.28. The molecule has 0 saturated heterocycles. The lowest BCUT2D eigenvalue weighted by molar-refractivity contribution is 0.568. The Balaban J connectivity index is 2.02. The second-order valence-corrected chi connectivity index (χ2v) is 9.28. The first-order chi connectivity index (χ1) is 12.6. The summed E-state index contributed by atoms with van der Waals surface area (Å²) in [6.45, 7) is 13.6. The van der Waals surface area contributed by atoms with Gasteiger partial charge in [0.15, 0.2) is 5.82 Å². The summed E-state index contributed by atoms with van der Waals surface area (Å²) >= 11 is 0. The fourth-order valence-electron chi connectivity index (χ4n) is 3.02. The molecule has 0 unspecified atom stereocenters. The van der Waals surface area contributed by atoms with Gasteiger partial charge in [0.2, 0.25) is 0 Å². The van der Waals surface area contributed by atoms with E-state index in [4.69, 9.17) is 5.10 Å². The minimum Gasteiger partial charge on any atom is -0.328 e. The second kappa shape index (κ2) is 6.88. The molecule has 0 aliphatic carbocycles. The van der Waals surface area contributed by atoms with Gasteiger partial charge in [-0.2, -0.15) is 0 Å². The van der Waals surface area contributed by atoms with E-state index in [0.29, 0.717) is 0 Å². The summed E-state index contributed by atoms with van der Waals surface area (Å²) in [4.78, 5) is 2.17. The molecule has 3 aromatic rings. The molecule has 2 aromatic carbocycles. The maximum Gasteiger partial charge on any atom is 0.155 e. The summed E-state index contributed by atoms with van der Waals surface area (Å²) in [7, 11) is 2.09. The summed E-state index contributed by atoms with van der Waals surface area (Å²) in [6.07, 6.45) is 2.01. The lowest BCUT2D eigenvalue weighted by atomic mass is 9.80. The van der Waals surface area contributed by atoms with Gasteiger partial charge in [0, 0.05) is 25.0 Å². The Hall–Kier alpha value is -2.55. The largest absolute Gasteiger partial charge is 0.328 e. The molecule has 0 bridgehead atoms. The van der Waals surface area contributed by atoms with Crippen LogP contribution < -0.4 is 4.90 Å². The van der Waals surface area contributed by atoms with Gasteiger partial charge in [-0.15, -0.1) is 5.10 Å². The van der Waals surface area contributed by atoms with Crippen molar-refractivity contribution in [2.75, 3.05) is 11.9 Å². The van der Waals surface area contributed by atoms with E-state index in [0.717, 1.165) is 11.5 Å². The third-order valence-corrected chi connectivity index (χ3v) is 4.98. The SMILES string of the molecule is CN(c1cc(C(C)(C)C)cc(C(C)(C)C)c1)c1ccn(-c2ccccc2)n1. The van der Waals surface area contributed by atoms with Crippen LogP contribution >= 0.6 is 0 Å². The molecule has 0 N–H and O–H groups in total. The number of hydrogen-bond donors (Lipinski definition) is 0. The molecule has 0 aliphatic heterocycles. The molecule has 3 rings (SSSR count). The van der Waals surface area contributed by atoms with Crippen LogP contribution in [0.2, 0.25) is 0 Å². The molecule has 142 valence electrons. The van der Waals surface area contributed by atoms with Crippen molar-refractivity contribution in [3.05, 3.63) is 71.9 Å². The van der Waals surface area contributed by atoms with E-state index in [2.05, 4.69) is 89.9 Å². The van der Waals surface area contributed by atoms with Crippen LogP contribution in [-0.4, -0.2) is 16.8 Å². The monoisotopic (exact) mass is 361 g/mol. The first-order valence-corrected chi connectivity index (χ1v) is 9.56. The van der Waals surface area contributed by atoms with Crippen molar-refractivity contribution in [1.82, 2.24) is 9.78 Å². The van der Waals surface area contributed by atoms with Crippen LogP contribution in [-0.2, 0) is 10.8 Å². The third-order valence-electron chi connectivity index (χ3n) is 4.98. The Bertz CT molecular complexity index is 877. The Morgan fingerprint density at radius 2 is 1.33 bits per heavy atom. The first-order valence-electron chi connectivity index (χ1n) is 9.56. The molecule has 0 fully saturated rings. The average molecular weight is 362 g/mol. The van der Waals surface area contributed by atoms with Crippen LogP contribution in [0.25, 0.3) is 5.69 Å². The van der Waals surface area contributed by atoms with Gasteiger partial charge in [0.25, 0.3) is 0 Å². The summed E-state index contributed by atoms with van der Waals surface area (Å²) in [5.74, 6) is 0.935. The topological polar surface area (TPSA) is 21.1 Å². The molecular weight excluding hydrogens is 330 g/mol. The number of anilines is 2. The fraction of sp³-hybridized carbons (Fsp3) is 0.375. The number of nitrogens with zero attached hydrogens (tertiary/aromatic N) is 3. The van der Waals surface area contributed by atoms with E-state index >= 15 is 0 Å². The van der Waals surface area contributed by atoms with Gasteiger partial charge < -0.3 is 4.90 Å². The van der Waals surface area contributed by atoms with Crippen LogP contribution in [0.4, 0.5) is 11.5 Å². The Morgan fingerprint density at radius 3 is 1.85 bits per heavy atom. The Morgan fingerprint density at radius 1 is 0.778 bits per heavy atom. The highest BCUT2D eigenvalue weighted by molar-refractivity contribution is 5.62. The molecular formula is C24H31N3. The highest BCUT2D eigenvalue weighted by atomic mass is 15.3. The molecule has 3 heteroatoms. The predicted molar refractivity (Wildman–Crippen MR) is 115 cm³/mol. The maximum atomic E-state index is 4.78. The van der Waals surface area contributed by atoms with Crippen molar-refractivity contribution < 1.29 is 0 Å². The van der Waals surface area contributed by atoms with Gasteiger partial charge in [0.05, 0.1) is 5.69 Å². The van der Waals surface area contributed by atoms with Crippen molar-refractivity contribution in [1.29, 1.82) is 0 Å². The summed E-state index contributed by atoms with van der Waals surface area (Å²) < 4.78 is 1.92. The molecule has 0 atom stereocenters. The van der Waals surface area contributed by atoms with Crippen molar-refractivity contribution in [3.8, 4) is 5.69 Å². The number of rotatable bonds is 3. The van der Waals surface area contributed by atoms with Gasteiger partial charge >= 0.3 is 0 Å². The van der Waals surface area contributed by atoms with Crippen LogP contribution in [0.1, 0.15) is 52.7 Å². The normalized spacial score (nSPS) is 12.3. The summed E-state index contributed by atoms with van der Waals surface area (Å²) in [6, 6.07) is 19.2. The molecule has 1 aromatic heterocycles. The molecule has 3 nitrogen and oxygen atoms in total. The van der Waals surface area contributed by atoms with Crippen LogP contribution in [0, 0.1) is 0 Å². The molecule has 1 heterocycles. The van der Waals surface area contributed by atoms with E-state index in [9.17, 15) is 0 Å². The van der Waals surface area contributed by atoms with Gasteiger partial charge in [-0.1, -0.05) is 65.8 Å². The molecule has 0 aliphatic rings. The summed E-state index contributed by atoms with van der Waals surface area (Å²) in [5.41, 5.74) is 5.13. The molecule has 0 amide bonds. The lowest BCUT2D eigenvalue weighted by Gasteiger charge is -2.28. The summed E-state index contributed by atoms with van der Waals surface area (Å²) in [5, 5.41) is 4.78. The van der Waals surface area contributed by atoms with Crippen molar-refractivity contribution >= 4 is 11.5 Å². The first kappa shape index (κ1) is 19.2. The highest BCUT2D eigenvalue weighted by Gasteiger charge is 2.22. The molecule has 0 saturated carbocycles. The molecule has 0 spiro atoms. The Labute approximate surface area is 163 Å². The van der Waals surface area contributed by atoms with Gasteiger partial charge in [0.1, 0.15) is 0 Å².